The molecule has 1 aromatic carbocycles. The molecule has 0 saturated heterocycles. The molecule has 1 aliphatic rings. The Balaban J connectivity index is 1.38. The van der Waals surface area contributed by atoms with Gasteiger partial charge in [0.1, 0.15) is 4.88 Å². The van der Waals surface area contributed by atoms with Crippen LogP contribution in [0.4, 0.5) is 5.13 Å². The summed E-state index contributed by atoms with van der Waals surface area (Å²) in [5.74, 6) is -0.818. The molecular formula is C23H23N3O4S2. The number of carbonyl (C=O) groups is 3. The van der Waals surface area contributed by atoms with Crippen molar-refractivity contribution in [2.75, 3.05) is 18.5 Å². The zero-order valence-corrected chi connectivity index (χ0v) is 19.3. The van der Waals surface area contributed by atoms with Crippen molar-refractivity contribution in [3.05, 3.63) is 57.1 Å². The van der Waals surface area contributed by atoms with Gasteiger partial charge in [-0.1, -0.05) is 41.7 Å². The molecule has 2 amide bonds. The summed E-state index contributed by atoms with van der Waals surface area (Å²) < 4.78 is 5.14. The van der Waals surface area contributed by atoms with E-state index in [1.807, 2.05) is 35.7 Å². The second kappa shape index (κ2) is 10.1. The highest BCUT2D eigenvalue weighted by Crippen LogP contribution is 2.32. The van der Waals surface area contributed by atoms with Crippen molar-refractivity contribution in [2.24, 2.45) is 0 Å². The fourth-order valence-corrected chi connectivity index (χ4v) is 5.31. The maximum absolute atomic E-state index is 12.6. The molecule has 4 rings (SSSR count). The highest BCUT2D eigenvalue weighted by atomic mass is 32.1. The molecule has 0 radical (unpaired) electrons. The van der Waals surface area contributed by atoms with Crippen LogP contribution in [-0.4, -0.2) is 40.8 Å². The molecule has 0 aliphatic carbocycles. The second-order valence-corrected chi connectivity index (χ2v) is 9.27. The van der Waals surface area contributed by atoms with E-state index >= 15 is 0 Å². The summed E-state index contributed by atoms with van der Waals surface area (Å²) in [6.07, 6.45) is 1.05. The summed E-state index contributed by atoms with van der Waals surface area (Å²) in [4.78, 5) is 45.4. The number of thiazole rings is 1. The first-order valence-electron chi connectivity index (χ1n) is 10.4. The summed E-state index contributed by atoms with van der Waals surface area (Å²) in [6, 6.07) is 11.3. The monoisotopic (exact) mass is 469 g/mol. The van der Waals surface area contributed by atoms with Gasteiger partial charge in [0, 0.05) is 36.4 Å². The minimum atomic E-state index is -0.475. The molecule has 0 bridgehead atoms. The third kappa shape index (κ3) is 5.05. The van der Waals surface area contributed by atoms with E-state index in [4.69, 9.17) is 4.74 Å². The SMILES string of the molecule is CCOC(=O)c1sc(NC(=O)CCC(=O)N2CCc3sccc3C2)nc1-c1ccccc1. The molecule has 2 aromatic heterocycles. The third-order valence-electron chi connectivity index (χ3n) is 5.11. The molecule has 1 aliphatic heterocycles. The van der Waals surface area contributed by atoms with Crippen molar-refractivity contribution in [1.29, 1.82) is 0 Å². The number of benzene rings is 1. The van der Waals surface area contributed by atoms with Crippen LogP contribution in [-0.2, 0) is 27.3 Å². The van der Waals surface area contributed by atoms with Crippen LogP contribution in [0.15, 0.2) is 41.8 Å². The number of amides is 2. The van der Waals surface area contributed by atoms with Crippen LogP contribution in [0.3, 0.4) is 0 Å². The minimum absolute atomic E-state index is 0.0340. The first kappa shape index (κ1) is 22.2. The van der Waals surface area contributed by atoms with Crippen LogP contribution in [0.25, 0.3) is 11.3 Å². The summed E-state index contributed by atoms with van der Waals surface area (Å²) in [5.41, 5.74) is 2.43. The average molecular weight is 470 g/mol. The number of carbonyl (C=O) groups excluding carboxylic acids is 3. The van der Waals surface area contributed by atoms with Gasteiger partial charge >= 0.3 is 5.97 Å². The molecule has 7 nitrogen and oxygen atoms in total. The number of nitrogens with zero attached hydrogens (tertiary/aromatic N) is 2. The largest absolute Gasteiger partial charge is 0.462 e. The van der Waals surface area contributed by atoms with Gasteiger partial charge in [0.15, 0.2) is 5.13 Å². The Morgan fingerprint density at radius 3 is 2.75 bits per heavy atom. The number of nitrogens with one attached hydrogen (secondary N) is 1. The second-order valence-electron chi connectivity index (χ2n) is 7.27. The first-order valence-corrected chi connectivity index (χ1v) is 12.1. The van der Waals surface area contributed by atoms with Gasteiger partial charge in [0.05, 0.1) is 12.3 Å². The highest BCUT2D eigenvalue weighted by molar-refractivity contribution is 7.18. The predicted molar refractivity (Wildman–Crippen MR) is 125 cm³/mol. The van der Waals surface area contributed by atoms with E-state index in [0.29, 0.717) is 28.8 Å². The lowest BCUT2D eigenvalue weighted by molar-refractivity contribution is -0.133. The zero-order valence-electron chi connectivity index (χ0n) is 17.6. The Hall–Kier alpha value is -3.04. The Labute approximate surface area is 194 Å². The molecule has 166 valence electrons. The molecule has 0 atom stereocenters. The van der Waals surface area contributed by atoms with E-state index in [1.54, 1.807) is 23.2 Å². The molecule has 32 heavy (non-hydrogen) atoms. The third-order valence-corrected chi connectivity index (χ3v) is 7.08. The van der Waals surface area contributed by atoms with Gasteiger partial charge in [-0.3, -0.25) is 9.59 Å². The van der Waals surface area contributed by atoms with E-state index in [1.165, 1.54) is 10.4 Å². The highest BCUT2D eigenvalue weighted by Gasteiger charge is 2.23. The maximum Gasteiger partial charge on any atom is 0.350 e. The van der Waals surface area contributed by atoms with E-state index < -0.39 is 5.97 Å². The summed E-state index contributed by atoms with van der Waals surface area (Å²) in [6.45, 7) is 3.28. The lowest BCUT2D eigenvalue weighted by Crippen LogP contribution is -2.35. The van der Waals surface area contributed by atoms with Crippen molar-refractivity contribution in [3.63, 3.8) is 0 Å². The van der Waals surface area contributed by atoms with Crippen molar-refractivity contribution in [1.82, 2.24) is 9.88 Å². The molecule has 1 N–H and O–H groups in total. The normalized spacial score (nSPS) is 12.8. The summed E-state index contributed by atoms with van der Waals surface area (Å²) in [5, 5.41) is 5.09. The quantitative estimate of drug-likeness (QED) is 0.520. The van der Waals surface area contributed by atoms with Gasteiger partial charge < -0.3 is 15.0 Å². The number of hydrogen-bond acceptors (Lipinski definition) is 7. The molecule has 0 unspecified atom stereocenters. The number of esters is 1. The number of fused-ring (bicyclic) bond motifs is 1. The number of aromatic nitrogens is 1. The fraction of sp³-hybridized carbons (Fsp3) is 0.304. The van der Waals surface area contributed by atoms with Crippen LogP contribution in [0.5, 0.6) is 0 Å². The average Bonchev–Trinajstić information content (AvgIpc) is 3.44. The van der Waals surface area contributed by atoms with E-state index in [0.717, 1.165) is 23.3 Å². The molecule has 0 saturated carbocycles. The summed E-state index contributed by atoms with van der Waals surface area (Å²) in [7, 11) is 0. The van der Waals surface area contributed by atoms with Crippen LogP contribution < -0.4 is 5.32 Å². The van der Waals surface area contributed by atoms with E-state index in [9.17, 15) is 14.4 Å². The van der Waals surface area contributed by atoms with Gasteiger partial charge in [-0.05, 0) is 30.4 Å². The van der Waals surface area contributed by atoms with Crippen LogP contribution >= 0.6 is 22.7 Å². The number of thiophene rings is 1. The molecule has 0 fully saturated rings. The Morgan fingerprint density at radius 1 is 1.16 bits per heavy atom. The first-order chi connectivity index (χ1) is 15.5. The van der Waals surface area contributed by atoms with Crippen LogP contribution in [0, 0.1) is 0 Å². The Morgan fingerprint density at radius 2 is 1.97 bits per heavy atom. The molecular weight excluding hydrogens is 446 g/mol. The van der Waals surface area contributed by atoms with E-state index in [-0.39, 0.29) is 31.3 Å². The van der Waals surface area contributed by atoms with Gasteiger partial charge in [0.2, 0.25) is 11.8 Å². The zero-order chi connectivity index (χ0) is 22.5. The standard InChI is InChI=1S/C23H23N3O4S2/c1-2-30-22(29)21-20(15-6-4-3-5-7-15)25-23(32-21)24-18(27)8-9-19(28)26-12-10-17-16(14-26)11-13-31-17/h3-7,11,13H,2,8-10,12,14H2,1H3,(H,24,25,27). The lowest BCUT2D eigenvalue weighted by Gasteiger charge is -2.27. The van der Waals surface area contributed by atoms with Gasteiger partial charge in [0.25, 0.3) is 0 Å². The minimum Gasteiger partial charge on any atom is -0.462 e. The molecule has 0 spiro atoms. The fourth-order valence-electron chi connectivity index (χ4n) is 3.52. The van der Waals surface area contributed by atoms with Crippen molar-refractivity contribution in [2.45, 2.75) is 32.7 Å². The number of ether oxygens (including phenoxy) is 1. The summed E-state index contributed by atoms with van der Waals surface area (Å²) >= 11 is 2.80. The van der Waals surface area contributed by atoms with Crippen LogP contribution in [0.2, 0.25) is 0 Å². The van der Waals surface area contributed by atoms with Crippen molar-refractivity contribution >= 4 is 45.6 Å². The maximum atomic E-state index is 12.6. The van der Waals surface area contributed by atoms with E-state index in [2.05, 4.69) is 16.4 Å². The molecule has 3 heterocycles. The Kier molecular flexibility index (Phi) is 6.96. The van der Waals surface area contributed by atoms with Gasteiger partial charge in [-0.15, -0.1) is 11.3 Å². The van der Waals surface area contributed by atoms with Gasteiger partial charge in [-0.25, -0.2) is 9.78 Å². The number of rotatable bonds is 7. The van der Waals surface area contributed by atoms with Gasteiger partial charge in [-0.2, -0.15) is 0 Å². The van der Waals surface area contributed by atoms with Crippen LogP contribution in [0.1, 0.15) is 39.9 Å². The smallest absolute Gasteiger partial charge is 0.350 e. The molecule has 3 aromatic rings. The van der Waals surface area contributed by atoms with Crippen molar-refractivity contribution in [3.8, 4) is 11.3 Å². The number of anilines is 1. The predicted octanol–water partition coefficient (Wildman–Crippen LogP) is 4.35. The number of hydrogen-bond donors (Lipinski definition) is 1. The topological polar surface area (TPSA) is 88.6 Å². The van der Waals surface area contributed by atoms with Crippen molar-refractivity contribution < 1.29 is 19.1 Å². The lowest BCUT2D eigenvalue weighted by atomic mass is 10.1. The Bertz CT molecular complexity index is 1120. The molecule has 9 heteroatoms.